The normalized spacial score (nSPS) is 13.4. The summed E-state index contributed by atoms with van der Waals surface area (Å²) < 4.78 is 0. The lowest BCUT2D eigenvalue weighted by Crippen LogP contribution is -2.26. The Kier molecular flexibility index (Phi) is 8.07. The summed E-state index contributed by atoms with van der Waals surface area (Å²) in [4.78, 5) is 21.7. The molecule has 0 aromatic heterocycles. The Balaban J connectivity index is 3.72. The summed E-state index contributed by atoms with van der Waals surface area (Å²) in [6, 6.07) is 0. The minimum atomic E-state index is -1.25. The van der Waals surface area contributed by atoms with E-state index in [4.69, 9.17) is 5.73 Å². The van der Waals surface area contributed by atoms with Gasteiger partial charge in [0.2, 0.25) is 5.91 Å². The second-order valence-electron chi connectivity index (χ2n) is 3.47. The molecule has 1 atom stereocenters. The molecule has 4 nitrogen and oxygen atoms in total. The molecule has 0 aliphatic carbocycles. The van der Waals surface area contributed by atoms with Gasteiger partial charge in [0.25, 0.3) is 0 Å². The zero-order valence-corrected chi connectivity index (χ0v) is 9.56. The summed E-state index contributed by atoms with van der Waals surface area (Å²) in [6.45, 7) is 1.94. The van der Waals surface area contributed by atoms with E-state index >= 15 is 0 Å². The number of rotatable bonds is 8. The zero-order chi connectivity index (χ0) is 12.4. The van der Waals surface area contributed by atoms with Crippen LogP contribution in [0.4, 0.5) is 0 Å². The van der Waals surface area contributed by atoms with Crippen LogP contribution in [0.25, 0.3) is 0 Å². The van der Waals surface area contributed by atoms with Crippen molar-refractivity contribution in [3.8, 4) is 0 Å². The second kappa shape index (κ2) is 8.85. The van der Waals surface area contributed by atoms with E-state index in [1.165, 1.54) is 0 Å². The molecule has 90 valence electrons. The van der Waals surface area contributed by atoms with Gasteiger partial charge in [0.15, 0.2) is 5.78 Å². The highest BCUT2D eigenvalue weighted by Crippen LogP contribution is 2.01. The van der Waals surface area contributed by atoms with Crippen molar-refractivity contribution in [3.63, 3.8) is 0 Å². The maximum Gasteiger partial charge on any atom is 0.220 e. The average Bonchev–Trinajstić information content (AvgIpc) is 2.21. The minimum Gasteiger partial charge on any atom is -0.385 e. The van der Waals surface area contributed by atoms with E-state index in [2.05, 4.69) is 0 Å². The van der Waals surface area contributed by atoms with Crippen molar-refractivity contribution in [1.29, 1.82) is 0 Å². The summed E-state index contributed by atoms with van der Waals surface area (Å²) >= 11 is 0. The summed E-state index contributed by atoms with van der Waals surface area (Å²) in [7, 11) is 0. The van der Waals surface area contributed by atoms with Gasteiger partial charge in [-0.3, -0.25) is 9.59 Å². The first kappa shape index (κ1) is 14.6. The van der Waals surface area contributed by atoms with Crippen LogP contribution in [-0.2, 0) is 9.59 Å². The number of aliphatic hydroxyl groups excluding tert-OH is 1. The molecule has 0 aliphatic heterocycles. The van der Waals surface area contributed by atoms with Crippen LogP contribution in [0.1, 0.15) is 32.6 Å². The number of nitrogens with two attached hydrogens (primary N) is 1. The van der Waals surface area contributed by atoms with Gasteiger partial charge in [-0.05, 0) is 19.8 Å². The van der Waals surface area contributed by atoms with E-state index in [1.54, 1.807) is 0 Å². The Morgan fingerprint density at radius 2 is 2.00 bits per heavy atom. The number of Topliss-reactive ketones (excluding diaryl/α,β-unsaturated/α-hetero) is 1. The lowest BCUT2D eigenvalue weighted by Gasteiger charge is -2.05. The molecule has 1 amide bonds. The fraction of sp³-hybridized carbons (Fsp3) is 0.500. The van der Waals surface area contributed by atoms with Gasteiger partial charge in [-0.1, -0.05) is 24.3 Å². The first-order chi connectivity index (χ1) is 7.57. The van der Waals surface area contributed by atoms with Gasteiger partial charge in [-0.15, -0.1) is 0 Å². The smallest absolute Gasteiger partial charge is 0.220 e. The number of allylic oxidation sites excluding steroid dienone is 4. The summed E-state index contributed by atoms with van der Waals surface area (Å²) in [5.41, 5.74) is 4.87. The third kappa shape index (κ3) is 7.94. The van der Waals surface area contributed by atoms with Crippen LogP contribution >= 0.6 is 0 Å². The van der Waals surface area contributed by atoms with Crippen LogP contribution in [0.3, 0.4) is 0 Å². The lowest BCUT2D eigenvalue weighted by molar-refractivity contribution is -0.131. The number of amides is 1. The standard InChI is InChI=1S/C12H19NO3/c1-2-3-4-5-6-7-8-10(14)11(15)9-12(13)16/h2-3,5-6,11,15H,4,7-9H2,1H3,(H2,13,16)/b3-2+,6-5+/t11-/m0/s1. The van der Waals surface area contributed by atoms with Crippen LogP contribution in [0.5, 0.6) is 0 Å². The molecule has 3 N–H and O–H groups in total. The Morgan fingerprint density at radius 3 is 2.56 bits per heavy atom. The van der Waals surface area contributed by atoms with E-state index < -0.39 is 12.0 Å². The van der Waals surface area contributed by atoms with E-state index in [9.17, 15) is 14.7 Å². The maximum absolute atomic E-state index is 11.3. The largest absolute Gasteiger partial charge is 0.385 e. The van der Waals surface area contributed by atoms with Gasteiger partial charge in [-0.2, -0.15) is 0 Å². The van der Waals surface area contributed by atoms with Crippen molar-refractivity contribution in [2.75, 3.05) is 0 Å². The number of carbonyl (C=O) groups is 2. The summed E-state index contributed by atoms with van der Waals surface area (Å²) in [5.74, 6) is -1.00. The predicted octanol–water partition coefficient (Wildman–Crippen LogP) is 1.09. The van der Waals surface area contributed by atoms with Crippen LogP contribution < -0.4 is 5.73 Å². The van der Waals surface area contributed by atoms with Gasteiger partial charge in [-0.25, -0.2) is 0 Å². The highest BCUT2D eigenvalue weighted by Gasteiger charge is 2.15. The first-order valence-electron chi connectivity index (χ1n) is 5.33. The van der Waals surface area contributed by atoms with Crippen molar-refractivity contribution in [2.45, 2.75) is 38.7 Å². The van der Waals surface area contributed by atoms with Crippen molar-refractivity contribution < 1.29 is 14.7 Å². The molecule has 0 spiro atoms. The molecule has 0 fully saturated rings. The third-order valence-corrected chi connectivity index (χ3v) is 2.00. The van der Waals surface area contributed by atoms with Crippen molar-refractivity contribution >= 4 is 11.7 Å². The highest BCUT2D eigenvalue weighted by atomic mass is 16.3. The Hall–Kier alpha value is -1.42. The van der Waals surface area contributed by atoms with E-state index in [-0.39, 0.29) is 18.6 Å². The van der Waals surface area contributed by atoms with Crippen molar-refractivity contribution in [1.82, 2.24) is 0 Å². The van der Waals surface area contributed by atoms with Gasteiger partial charge in [0, 0.05) is 6.42 Å². The van der Waals surface area contributed by atoms with E-state index in [0.717, 1.165) is 6.42 Å². The predicted molar refractivity (Wildman–Crippen MR) is 62.6 cm³/mol. The monoisotopic (exact) mass is 225 g/mol. The zero-order valence-electron chi connectivity index (χ0n) is 9.56. The maximum atomic E-state index is 11.3. The van der Waals surface area contributed by atoms with Crippen LogP contribution in [0.15, 0.2) is 24.3 Å². The molecule has 0 rings (SSSR count). The quantitative estimate of drug-likeness (QED) is 0.607. The topological polar surface area (TPSA) is 80.4 Å². The number of hydrogen-bond acceptors (Lipinski definition) is 3. The average molecular weight is 225 g/mol. The molecule has 0 saturated heterocycles. The first-order valence-corrected chi connectivity index (χ1v) is 5.33. The van der Waals surface area contributed by atoms with Gasteiger partial charge in [0.05, 0.1) is 6.42 Å². The number of ketones is 1. The van der Waals surface area contributed by atoms with Crippen molar-refractivity contribution in [3.05, 3.63) is 24.3 Å². The number of aliphatic hydroxyl groups is 1. The molecule has 0 unspecified atom stereocenters. The minimum absolute atomic E-state index is 0.237. The molecular formula is C12H19NO3. The third-order valence-electron chi connectivity index (χ3n) is 2.00. The van der Waals surface area contributed by atoms with Crippen molar-refractivity contribution in [2.24, 2.45) is 5.73 Å². The Morgan fingerprint density at radius 1 is 1.31 bits per heavy atom. The number of primary amides is 1. The molecule has 16 heavy (non-hydrogen) atoms. The van der Waals surface area contributed by atoms with Gasteiger partial charge >= 0.3 is 0 Å². The Labute approximate surface area is 95.8 Å². The summed E-state index contributed by atoms with van der Waals surface area (Å²) in [5, 5.41) is 9.24. The molecule has 4 heteroatoms. The number of hydrogen-bond donors (Lipinski definition) is 2. The van der Waals surface area contributed by atoms with Gasteiger partial charge in [0.1, 0.15) is 6.10 Å². The van der Waals surface area contributed by atoms with E-state index in [0.29, 0.717) is 6.42 Å². The molecule has 0 aromatic carbocycles. The van der Waals surface area contributed by atoms with Crippen LogP contribution in [0, 0.1) is 0 Å². The fourth-order valence-electron chi connectivity index (χ4n) is 1.13. The Bertz CT molecular complexity index is 282. The van der Waals surface area contributed by atoms with Gasteiger partial charge < -0.3 is 10.8 Å². The van der Waals surface area contributed by atoms with E-state index in [1.807, 2.05) is 31.2 Å². The van der Waals surface area contributed by atoms with Crippen LogP contribution in [0.2, 0.25) is 0 Å². The molecule has 0 bridgehead atoms. The SMILES string of the molecule is C/C=C/C/C=C/CCC(=O)[C@@H](O)CC(N)=O. The van der Waals surface area contributed by atoms with Crippen LogP contribution in [-0.4, -0.2) is 22.9 Å². The highest BCUT2D eigenvalue weighted by molar-refractivity contribution is 5.88. The fourth-order valence-corrected chi connectivity index (χ4v) is 1.13. The summed E-state index contributed by atoms with van der Waals surface area (Å²) in [6.07, 6.45) is 7.90. The molecule has 0 saturated carbocycles. The molecule has 0 heterocycles. The molecule has 0 aliphatic rings. The molecule has 0 radical (unpaired) electrons. The second-order valence-corrected chi connectivity index (χ2v) is 3.47. The molecule has 0 aromatic rings. The number of carbonyl (C=O) groups excluding carboxylic acids is 2. The lowest BCUT2D eigenvalue weighted by atomic mass is 10.1. The molecular weight excluding hydrogens is 206 g/mol.